The van der Waals surface area contributed by atoms with Crippen molar-refractivity contribution in [2.75, 3.05) is 6.54 Å². The predicted octanol–water partition coefficient (Wildman–Crippen LogP) is 4.62. The number of nitrogens with one attached hydrogen (secondary N) is 1. The van der Waals surface area contributed by atoms with Gasteiger partial charge in [0.2, 0.25) is 0 Å². The Morgan fingerprint density at radius 3 is 2.94 bits per heavy atom. The maximum absolute atomic E-state index is 3.86. The minimum absolute atomic E-state index is 0.606. The zero-order valence-electron chi connectivity index (χ0n) is 11.4. The van der Waals surface area contributed by atoms with Gasteiger partial charge in [0.1, 0.15) is 0 Å². The van der Waals surface area contributed by atoms with Gasteiger partial charge in [0, 0.05) is 10.9 Å². The second-order valence-corrected chi connectivity index (χ2v) is 7.18. The summed E-state index contributed by atoms with van der Waals surface area (Å²) in [5.41, 5.74) is 0. The highest BCUT2D eigenvalue weighted by atomic mass is 32.1. The van der Waals surface area contributed by atoms with Crippen LogP contribution in [-0.2, 0) is 0 Å². The first-order chi connectivity index (χ1) is 8.86. The summed E-state index contributed by atoms with van der Waals surface area (Å²) in [6.07, 6.45) is 8.61. The van der Waals surface area contributed by atoms with E-state index in [-0.39, 0.29) is 0 Å². The smallest absolute Gasteiger partial charge is 0.0414 e. The van der Waals surface area contributed by atoms with Gasteiger partial charge >= 0.3 is 0 Å². The molecule has 1 N–H and O–H groups in total. The molecule has 2 heteroatoms. The standard InChI is InChI=1S/C16H25NS/c1-2-4-15(16-5-3-8-18-16)17-11-14-10-12-6-7-13(14)9-12/h3,5,8,12-15,17H,2,4,6-7,9-11H2,1H3. The molecule has 2 aliphatic rings. The molecule has 0 saturated heterocycles. The van der Waals surface area contributed by atoms with E-state index in [4.69, 9.17) is 0 Å². The minimum atomic E-state index is 0.606. The molecule has 0 aromatic carbocycles. The maximum Gasteiger partial charge on any atom is 0.0414 e. The molecule has 2 aliphatic carbocycles. The molecule has 1 aromatic rings. The normalized spacial score (nSPS) is 31.9. The zero-order valence-corrected chi connectivity index (χ0v) is 12.2. The second-order valence-electron chi connectivity index (χ2n) is 6.20. The molecule has 4 atom stereocenters. The molecule has 1 heterocycles. The SMILES string of the molecule is CCCC(NCC1CC2CCC1C2)c1cccs1. The van der Waals surface area contributed by atoms with Crippen LogP contribution in [0.5, 0.6) is 0 Å². The summed E-state index contributed by atoms with van der Waals surface area (Å²) < 4.78 is 0. The molecule has 0 aliphatic heterocycles. The Morgan fingerprint density at radius 2 is 2.33 bits per heavy atom. The lowest BCUT2D eigenvalue weighted by Crippen LogP contribution is -2.29. The molecule has 18 heavy (non-hydrogen) atoms. The third-order valence-electron chi connectivity index (χ3n) is 4.97. The van der Waals surface area contributed by atoms with Gasteiger partial charge in [-0.25, -0.2) is 0 Å². The van der Waals surface area contributed by atoms with Crippen molar-refractivity contribution in [2.24, 2.45) is 17.8 Å². The number of rotatable bonds is 6. The first-order valence-corrected chi connectivity index (χ1v) is 8.51. The van der Waals surface area contributed by atoms with Gasteiger partial charge in [0.05, 0.1) is 0 Å². The Morgan fingerprint density at radius 1 is 1.39 bits per heavy atom. The van der Waals surface area contributed by atoms with Crippen molar-refractivity contribution in [3.05, 3.63) is 22.4 Å². The molecular weight excluding hydrogens is 238 g/mol. The topological polar surface area (TPSA) is 12.0 Å². The van der Waals surface area contributed by atoms with Crippen LogP contribution in [-0.4, -0.2) is 6.54 Å². The van der Waals surface area contributed by atoms with Gasteiger partial charge in [-0.15, -0.1) is 11.3 Å². The van der Waals surface area contributed by atoms with Crippen LogP contribution in [0.2, 0.25) is 0 Å². The Bertz CT molecular complexity index is 359. The molecule has 0 amide bonds. The van der Waals surface area contributed by atoms with Crippen LogP contribution in [0.3, 0.4) is 0 Å². The van der Waals surface area contributed by atoms with E-state index in [9.17, 15) is 0 Å². The molecule has 0 spiro atoms. The van der Waals surface area contributed by atoms with Gasteiger partial charge in [0.15, 0.2) is 0 Å². The molecule has 3 rings (SSSR count). The highest BCUT2D eigenvalue weighted by molar-refractivity contribution is 7.10. The van der Waals surface area contributed by atoms with E-state index in [1.807, 2.05) is 11.3 Å². The third kappa shape index (κ3) is 2.65. The predicted molar refractivity (Wildman–Crippen MR) is 78.9 cm³/mol. The molecular formula is C16H25NS. The van der Waals surface area contributed by atoms with Crippen LogP contribution in [0.15, 0.2) is 17.5 Å². The molecule has 1 aromatic heterocycles. The van der Waals surface area contributed by atoms with Crippen molar-refractivity contribution in [2.45, 2.75) is 51.5 Å². The summed E-state index contributed by atoms with van der Waals surface area (Å²) in [5, 5.41) is 6.07. The summed E-state index contributed by atoms with van der Waals surface area (Å²) in [5.74, 6) is 3.10. The van der Waals surface area contributed by atoms with Gasteiger partial charge in [-0.3, -0.25) is 0 Å². The van der Waals surface area contributed by atoms with Gasteiger partial charge in [-0.05, 0) is 61.4 Å². The number of thiophene rings is 1. The maximum atomic E-state index is 3.86. The van der Waals surface area contributed by atoms with Crippen LogP contribution in [0.4, 0.5) is 0 Å². The molecule has 4 unspecified atom stereocenters. The average Bonchev–Trinajstić information content (AvgIpc) is 3.09. The average molecular weight is 263 g/mol. The van der Waals surface area contributed by atoms with Crippen molar-refractivity contribution in [3.8, 4) is 0 Å². The number of fused-ring (bicyclic) bond motifs is 2. The quantitative estimate of drug-likeness (QED) is 0.790. The summed E-state index contributed by atoms with van der Waals surface area (Å²) >= 11 is 1.91. The third-order valence-corrected chi connectivity index (χ3v) is 5.96. The summed E-state index contributed by atoms with van der Waals surface area (Å²) in [6.45, 7) is 3.55. The largest absolute Gasteiger partial charge is 0.309 e. The van der Waals surface area contributed by atoms with Crippen molar-refractivity contribution >= 4 is 11.3 Å². The lowest BCUT2D eigenvalue weighted by molar-refractivity contribution is 0.303. The minimum Gasteiger partial charge on any atom is -0.309 e. The van der Waals surface area contributed by atoms with Crippen molar-refractivity contribution in [3.63, 3.8) is 0 Å². The van der Waals surface area contributed by atoms with Crippen molar-refractivity contribution < 1.29 is 0 Å². The second kappa shape index (κ2) is 5.75. The fourth-order valence-electron chi connectivity index (χ4n) is 4.04. The van der Waals surface area contributed by atoms with E-state index < -0.39 is 0 Å². The van der Waals surface area contributed by atoms with Crippen LogP contribution < -0.4 is 5.32 Å². The van der Waals surface area contributed by atoms with Gasteiger partial charge in [0.25, 0.3) is 0 Å². The van der Waals surface area contributed by atoms with E-state index in [0.29, 0.717) is 6.04 Å². The van der Waals surface area contributed by atoms with Crippen molar-refractivity contribution in [1.82, 2.24) is 5.32 Å². The molecule has 2 fully saturated rings. The molecule has 2 bridgehead atoms. The first kappa shape index (κ1) is 12.7. The highest BCUT2D eigenvalue weighted by Gasteiger charge is 2.39. The summed E-state index contributed by atoms with van der Waals surface area (Å²) in [7, 11) is 0. The van der Waals surface area contributed by atoms with Gasteiger partial charge in [-0.2, -0.15) is 0 Å². The Kier molecular flexibility index (Phi) is 4.05. The van der Waals surface area contributed by atoms with Crippen LogP contribution in [0.25, 0.3) is 0 Å². The molecule has 100 valence electrons. The monoisotopic (exact) mass is 263 g/mol. The van der Waals surface area contributed by atoms with Gasteiger partial charge < -0.3 is 5.32 Å². The fourth-order valence-corrected chi connectivity index (χ4v) is 4.88. The lowest BCUT2D eigenvalue weighted by atomic mass is 9.88. The van der Waals surface area contributed by atoms with Crippen LogP contribution >= 0.6 is 11.3 Å². The van der Waals surface area contributed by atoms with E-state index in [1.54, 1.807) is 0 Å². The fraction of sp³-hybridized carbons (Fsp3) is 0.750. The molecule has 1 nitrogen and oxygen atoms in total. The van der Waals surface area contributed by atoms with Crippen molar-refractivity contribution in [1.29, 1.82) is 0 Å². The van der Waals surface area contributed by atoms with Crippen LogP contribution in [0.1, 0.15) is 56.4 Å². The van der Waals surface area contributed by atoms with Gasteiger partial charge in [-0.1, -0.05) is 25.8 Å². The van der Waals surface area contributed by atoms with E-state index in [2.05, 4.69) is 29.8 Å². The number of hydrogen-bond donors (Lipinski definition) is 1. The highest BCUT2D eigenvalue weighted by Crippen LogP contribution is 2.48. The Labute approximate surface area is 115 Å². The van der Waals surface area contributed by atoms with Crippen LogP contribution in [0, 0.1) is 17.8 Å². The lowest BCUT2D eigenvalue weighted by Gasteiger charge is -2.25. The Hall–Kier alpha value is -0.340. The molecule has 2 saturated carbocycles. The zero-order chi connectivity index (χ0) is 12.4. The van der Waals surface area contributed by atoms with E-state index in [0.717, 1.165) is 17.8 Å². The van der Waals surface area contributed by atoms with E-state index >= 15 is 0 Å². The molecule has 0 radical (unpaired) electrons. The first-order valence-electron chi connectivity index (χ1n) is 7.63. The number of hydrogen-bond acceptors (Lipinski definition) is 2. The van der Waals surface area contributed by atoms with E-state index in [1.165, 1.54) is 49.9 Å². The summed E-state index contributed by atoms with van der Waals surface area (Å²) in [4.78, 5) is 1.53. The Balaban J connectivity index is 1.54. The summed E-state index contributed by atoms with van der Waals surface area (Å²) in [6, 6.07) is 5.08.